The lowest BCUT2D eigenvalue weighted by molar-refractivity contribution is -0.112. The molecular weight excluding hydrogens is 489 g/mol. The Bertz CT molecular complexity index is 1340. The average Bonchev–Trinajstić information content (AvgIpc) is 3.27. The summed E-state index contributed by atoms with van der Waals surface area (Å²) in [6.45, 7) is 6.00. The molecule has 1 aromatic heterocycles. The minimum Gasteiger partial charge on any atom is -0.493 e. The smallest absolute Gasteiger partial charge is 0.163 e. The van der Waals surface area contributed by atoms with Crippen molar-refractivity contribution in [1.29, 1.82) is 0 Å². The molecule has 8 heteroatoms. The first kappa shape index (κ1) is 27.3. The van der Waals surface area contributed by atoms with Crippen molar-refractivity contribution in [2.75, 3.05) is 20.3 Å². The SMILES string of the molecule is CCCOc1ccc(C(=O)CCC(C)(O)c2cc3c(c(-c4ccc(F)cc4)n2)OC[C@]3(C)C=O)cc1OC. The molecule has 0 amide bonds. The average molecular weight is 522 g/mol. The first-order chi connectivity index (χ1) is 18.1. The molecule has 0 radical (unpaired) electrons. The van der Waals surface area contributed by atoms with Crippen LogP contribution in [-0.2, 0) is 15.8 Å². The van der Waals surface area contributed by atoms with Gasteiger partial charge in [0.2, 0.25) is 0 Å². The van der Waals surface area contributed by atoms with Gasteiger partial charge < -0.3 is 24.1 Å². The quantitative estimate of drug-likeness (QED) is 0.266. The number of aliphatic hydroxyl groups is 1. The minimum absolute atomic E-state index is 0.0391. The van der Waals surface area contributed by atoms with Crippen molar-refractivity contribution in [3.8, 4) is 28.5 Å². The zero-order valence-corrected chi connectivity index (χ0v) is 22.0. The number of hydrogen-bond donors (Lipinski definition) is 1. The molecule has 2 heterocycles. The molecule has 2 atom stereocenters. The standard InChI is InChI=1S/C30H32FNO6/c1-5-14-37-24-11-8-20(15-25(24)36-4)23(34)12-13-30(3,35)26-16-22-28(38-18-29(22,2)17-33)27(32-26)19-6-9-21(31)10-7-19/h6-11,15-17,35H,5,12-14,18H2,1-4H3/t29-,30?/m0/s1. The zero-order chi connectivity index (χ0) is 27.5. The van der Waals surface area contributed by atoms with E-state index in [0.717, 1.165) is 12.7 Å². The molecular formula is C30H32FNO6. The second kappa shape index (κ2) is 10.9. The molecule has 1 N–H and O–H groups in total. The molecule has 1 aliphatic heterocycles. The van der Waals surface area contributed by atoms with Crippen LogP contribution in [0.15, 0.2) is 48.5 Å². The van der Waals surface area contributed by atoms with Crippen LogP contribution in [0, 0.1) is 5.82 Å². The summed E-state index contributed by atoms with van der Waals surface area (Å²) in [5, 5.41) is 11.5. The third-order valence-corrected chi connectivity index (χ3v) is 6.82. The van der Waals surface area contributed by atoms with Crippen LogP contribution < -0.4 is 14.2 Å². The van der Waals surface area contributed by atoms with Crippen LogP contribution in [0.4, 0.5) is 4.39 Å². The van der Waals surface area contributed by atoms with E-state index >= 15 is 0 Å². The second-order valence-electron chi connectivity index (χ2n) is 9.97. The van der Waals surface area contributed by atoms with Crippen LogP contribution in [0.5, 0.6) is 17.2 Å². The van der Waals surface area contributed by atoms with Crippen LogP contribution in [0.25, 0.3) is 11.3 Å². The van der Waals surface area contributed by atoms with E-state index in [0.29, 0.717) is 51.9 Å². The fraction of sp³-hybridized carbons (Fsp3) is 0.367. The van der Waals surface area contributed by atoms with Crippen molar-refractivity contribution < 1.29 is 33.3 Å². The molecule has 0 bridgehead atoms. The Morgan fingerprint density at radius 3 is 2.61 bits per heavy atom. The van der Waals surface area contributed by atoms with Crippen LogP contribution in [-0.4, -0.2) is 42.5 Å². The number of halogens is 1. The highest BCUT2D eigenvalue weighted by molar-refractivity contribution is 5.96. The molecule has 3 aromatic rings. The molecule has 0 saturated carbocycles. The highest BCUT2D eigenvalue weighted by Crippen LogP contribution is 2.45. The minimum atomic E-state index is -1.50. The third kappa shape index (κ3) is 5.41. The number of hydrogen-bond acceptors (Lipinski definition) is 7. The third-order valence-electron chi connectivity index (χ3n) is 6.82. The van der Waals surface area contributed by atoms with Gasteiger partial charge in [-0.15, -0.1) is 0 Å². The van der Waals surface area contributed by atoms with Crippen LogP contribution in [0.1, 0.15) is 61.6 Å². The van der Waals surface area contributed by atoms with Gasteiger partial charge in [-0.2, -0.15) is 0 Å². The summed E-state index contributed by atoms with van der Waals surface area (Å²) < 4.78 is 30.5. The Labute approximate surface area is 221 Å². The van der Waals surface area contributed by atoms with Crippen molar-refractivity contribution in [3.63, 3.8) is 0 Å². The van der Waals surface area contributed by atoms with E-state index in [9.17, 15) is 19.1 Å². The maximum Gasteiger partial charge on any atom is 0.163 e. The van der Waals surface area contributed by atoms with Gasteiger partial charge >= 0.3 is 0 Å². The van der Waals surface area contributed by atoms with Gasteiger partial charge in [-0.05, 0) is 75.2 Å². The van der Waals surface area contributed by atoms with Gasteiger partial charge in [0.05, 0.1) is 24.8 Å². The van der Waals surface area contributed by atoms with Crippen LogP contribution >= 0.6 is 0 Å². The number of nitrogens with zero attached hydrogens (tertiary/aromatic N) is 1. The number of benzene rings is 2. The summed E-state index contributed by atoms with van der Waals surface area (Å²) in [7, 11) is 1.52. The Kier molecular flexibility index (Phi) is 7.83. The van der Waals surface area contributed by atoms with Crippen LogP contribution in [0.3, 0.4) is 0 Å². The predicted octanol–water partition coefficient (Wildman–Crippen LogP) is 5.40. The molecule has 0 spiro atoms. The maximum atomic E-state index is 13.6. The van der Waals surface area contributed by atoms with Crippen molar-refractivity contribution in [2.24, 2.45) is 0 Å². The van der Waals surface area contributed by atoms with Gasteiger partial charge in [-0.3, -0.25) is 4.79 Å². The monoisotopic (exact) mass is 521 g/mol. The number of carbonyl (C=O) groups excluding carboxylic acids is 2. The number of pyridine rings is 1. The lowest BCUT2D eigenvalue weighted by Gasteiger charge is -2.25. The predicted molar refractivity (Wildman–Crippen MR) is 140 cm³/mol. The first-order valence-corrected chi connectivity index (χ1v) is 12.6. The number of rotatable bonds is 11. The zero-order valence-electron chi connectivity index (χ0n) is 22.0. The molecule has 0 fully saturated rings. The van der Waals surface area contributed by atoms with Crippen LogP contribution in [0.2, 0.25) is 0 Å². The molecule has 2 aromatic carbocycles. The molecule has 4 rings (SSSR count). The van der Waals surface area contributed by atoms with Gasteiger partial charge in [0, 0.05) is 23.1 Å². The van der Waals surface area contributed by atoms with E-state index < -0.39 is 16.8 Å². The Hall–Kier alpha value is -3.78. The molecule has 38 heavy (non-hydrogen) atoms. The maximum absolute atomic E-state index is 13.6. The van der Waals surface area contributed by atoms with E-state index in [1.165, 1.54) is 19.2 Å². The summed E-state index contributed by atoms with van der Waals surface area (Å²) in [5.41, 5.74) is -0.103. The Morgan fingerprint density at radius 2 is 1.95 bits per heavy atom. The van der Waals surface area contributed by atoms with Gasteiger partial charge in [0.15, 0.2) is 17.3 Å². The van der Waals surface area contributed by atoms with Gasteiger partial charge in [0.1, 0.15) is 35.8 Å². The number of fused-ring (bicyclic) bond motifs is 1. The summed E-state index contributed by atoms with van der Waals surface area (Å²) in [5.74, 6) is 0.889. The first-order valence-electron chi connectivity index (χ1n) is 12.6. The molecule has 1 unspecified atom stereocenters. The van der Waals surface area contributed by atoms with E-state index in [2.05, 4.69) is 4.98 Å². The molecule has 1 aliphatic rings. The molecule has 0 aliphatic carbocycles. The lowest BCUT2D eigenvalue weighted by atomic mass is 9.83. The van der Waals surface area contributed by atoms with Crippen molar-refractivity contribution in [3.05, 3.63) is 71.2 Å². The van der Waals surface area contributed by atoms with E-state index in [1.807, 2.05) is 6.92 Å². The highest BCUT2D eigenvalue weighted by atomic mass is 19.1. The van der Waals surface area contributed by atoms with E-state index in [1.54, 1.807) is 50.2 Å². The largest absolute Gasteiger partial charge is 0.493 e. The van der Waals surface area contributed by atoms with E-state index in [4.69, 9.17) is 14.2 Å². The fourth-order valence-electron chi connectivity index (χ4n) is 4.38. The van der Waals surface area contributed by atoms with Crippen molar-refractivity contribution in [1.82, 2.24) is 4.98 Å². The number of aldehydes is 1. The van der Waals surface area contributed by atoms with Crippen molar-refractivity contribution >= 4 is 12.1 Å². The van der Waals surface area contributed by atoms with Gasteiger partial charge in [-0.1, -0.05) is 6.92 Å². The number of ether oxygens (including phenoxy) is 3. The highest BCUT2D eigenvalue weighted by Gasteiger charge is 2.40. The summed E-state index contributed by atoms with van der Waals surface area (Å²) in [4.78, 5) is 29.7. The van der Waals surface area contributed by atoms with Gasteiger partial charge in [-0.25, -0.2) is 9.37 Å². The molecule has 0 saturated heterocycles. The molecule has 7 nitrogen and oxygen atoms in total. The number of methoxy groups -OCH3 is 1. The number of Topliss-reactive ketones (excluding diaryl/α,β-unsaturated/α-hetero) is 1. The number of aromatic nitrogens is 1. The molecule has 200 valence electrons. The normalized spacial score (nSPS) is 17.7. The van der Waals surface area contributed by atoms with Crippen molar-refractivity contribution in [2.45, 2.75) is 51.0 Å². The topological polar surface area (TPSA) is 95.0 Å². The Morgan fingerprint density at radius 1 is 1.21 bits per heavy atom. The van der Waals surface area contributed by atoms with E-state index in [-0.39, 0.29) is 25.2 Å². The summed E-state index contributed by atoms with van der Waals surface area (Å²) >= 11 is 0. The van der Waals surface area contributed by atoms with Gasteiger partial charge in [0.25, 0.3) is 0 Å². The summed E-state index contributed by atoms with van der Waals surface area (Å²) in [6.07, 6.45) is 1.78. The Balaban J connectivity index is 1.62. The lowest BCUT2D eigenvalue weighted by Crippen LogP contribution is -2.28. The second-order valence-corrected chi connectivity index (χ2v) is 9.97. The number of ketones is 1. The fourth-order valence-corrected chi connectivity index (χ4v) is 4.38. The summed E-state index contributed by atoms with van der Waals surface area (Å²) in [6, 6.07) is 12.4. The number of carbonyl (C=O) groups is 2.